The van der Waals surface area contributed by atoms with E-state index in [0.717, 1.165) is 17.1 Å². The fourth-order valence-corrected chi connectivity index (χ4v) is 8.39. The monoisotopic (exact) mass is 652 g/mol. The van der Waals surface area contributed by atoms with Gasteiger partial charge in [0.05, 0.1) is 11.0 Å². The largest absolute Gasteiger partial charge is 0.310 e. The number of hydrogen-bond acceptors (Lipinski definition) is 1. The summed E-state index contributed by atoms with van der Waals surface area (Å²) in [6.45, 7) is 4.76. The fourth-order valence-electron chi connectivity index (χ4n) is 8.39. The summed E-state index contributed by atoms with van der Waals surface area (Å²) in [6, 6.07) is 66.6. The van der Waals surface area contributed by atoms with Gasteiger partial charge in [0, 0.05) is 38.9 Å². The molecule has 0 spiro atoms. The molecule has 2 heteroatoms. The van der Waals surface area contributed by atoms with Crippen LogP contribution in [0.15, 0.2) is 182 Å². The van der Waals surface area contributed by atoms with Crippen LogP contribution in [0.1, 0.15) is 25.0 Å². The Kier molecular flexibility index (Phi) is 6.56. The molecule has 2 nitrogen and oxygen atoms in total. The molecule has 0 saturated carbocycles. The smallest absolute Gasteiger partial charge is 0.0541 e. The van der Waals surface area contributed by atoms with E-state index in [1.54, 1.807) is 0 Å². The summed E-state index contributed by atoms with van der Waals surface area (Å²) in [7, 11) is 0. The first-order chi connectivity index (χ1) is 25.0. The topological polar surface area (TPSA) is 8.17 Å². The second kappa shape index (κ2) is 11.3. The molecule has 9 aromatic rings. The summed E-state index contributed by atoms with van der Waals surface area (Å²) in [5.74, 6) is 0. The number of fused-ring (bicyclic) bond motifs is 7. The number of hydrogen-bond donors (Lipinski definition) is 0. The summed E-state index contributed by atoms with van der Waals surface area (Å²) >= 11 is 0. The molecule has 0 amide bonds. The molecular weight excluding hydrogens is 617 g/mol. The third-order valence-electron chi connectivity index (χ3n) is 10.9. The van der Waals surface area contributed by atoms with Crippen molar-refractivity contribution in [2.75, 3.05) is 4.90 Å². The van der Waals surface area contributed by atoms with Gasteiger partial charge in [0.2, 0.25) is 0 Å². The zero-order chi connectivity index (χ0) is 34.1. The average molecular weight is 653 g/mol. The molecule has 51 heavy (non-hydrogen) atoms. The predicted octanol–water partition coefficient (Wildman–Crippen LogP) is 13.4. The highest BCUT2D eigenvalue weighted by Crippen LogP contribution is 2.52. The number of benzene rings is 8. The standard InChI is InChI=1S/C49H36N2/c1-49(2)45-31-36(35-23-28-48-44(30-35)43-19-11-12-20-47(43)51(48)38-17-7-4-8-18-38)22-26-41(45)42-27-25-40(32-46(42)49)50(37-15-5-3-6-16-37)39-24-21-33-13-9-10-14-34(33)29-39/h3-32H,1-2H3. The Balaban J connectivity index is 1.07. The van der Waals surface area contributed by atoms with Crippen molar-refractivity contribution in [3.63, 3.8) is 0 Å². The van der Waals surface area contributed by atoms with Gasteiger partial charge < -0.3 is 9.47 Å². The van der Waals surface area contributed by atoms with E-state index in [-0.39, 0.29) is 5.41 Å². The highest BCUT2D eigenvalue weighted by molar-refractivity contribution is 6.10. The van der Waals surface area contributed by atoms with Crippen LogP contribution in [0, 0.1) is 0 Å². The lowest BCUT2D eigenvalue weighted by molar-refractivity contribution is 0.660. The van der Waals surface area contributed by atoms with Crippen molar-refractivity contribution in [2.45, 2.75) is 19.3 Å². The minimum absolute atomic E-state index is 0.171. The second-order valence-corrected chi connectivity index (χ2v) is 14.2. The van der Waals surface area contributed by atoms with Gasteiger partial charge in [-0.1, -0.05) is 123 Å². The quantitative estimate of drug-likeness (QED) is 0.180. The molecule has 0 bridgehead atoms. The lowest BCUT2D eigenvalue weighted by Crippen LogP contribution is -2.16. The Hall–Kier alpha value is -6.38. The first-order valence-electron chi connectivity index (χ1n) is 17.8. The molecule has 0 saturated heterocycles. The molecule has 8 aromatic carbocycles. The van der Waals surface area contributed by atoms with Crippen molar-refractivity contribution in [2.24, 2.45) is 0 Å². The van der Waals surface area contributed by atoms with Crippen LogP contribution in [0.3, 0.4) is 0 Å². The highest BCUT2D eigenvalue weighted by atomic mass is 15.1. The number of rotatable bonds is 5. The lowest BCUT2D eigenvalue weighted by Gasteiger charge is -2.28. The Labute approximate surface area is 298 Å². The van der Waals surface area contributed by atoms with Crippen LogP contribution in [0.25, 0.3) is 60.5 Å². The predicted molar refractivity (Wildman–Crippen MR) is 216 cm³/mol. The van der Waals surface area contributed by atoms with Gasteiger partial charge >= 0.3 is 0 Å². The van der Waals surface area contributed by atoms with Gasteiger partial charge in [-0.15, -0.1) is 0 Å². The van der Waals surface area contributed by atoms with Gasteiger partial charge in [0.25, 0.3) is 0 Å². The number of aromatic nitrogens is 1. The Bertz CT molecular complexity index is 2770. The first kappa shape index (κ1) is 29.5. The van der Waals surface area contributed by atoms with Gasteiger partial charge in [0.1, 0.15) is 0 Å². The molecule has 1 aliphatic carbocycles. The van der Waals surface area contributed by atoms with E-state index in [0.29, 0.717) is 0 Å². The SMILES string of the molecule is CC1(C)c2cc(-c3ccc4c(c3)c3ccccc3n4-c3ccccc3)ccc2-c2ccc(N(c3ccccc3)c3ccc4ccccc4c3)cc21. The van der Waals surface area contributed by atoms with Crippen LogP contribution in [0.5, 0.6) is 0 Å². The van der Waals surface area contributed by atoms with Crippen LogP contribution in [0.2, 0.25) is 0 Å². The zero-order valence-corrected chi connectivity index (χ0v) is 28.7. The Morgan fingerprint density at radius 2 is 1.00 bits per heavy atom. The first-order valence-corrected chi connectivity index (χ1v) is 17.8. The molecule has 1 aliphatic rings. The van der Waals surface area contributed by atoms with Gasteiger partial charge in [-0.3, -0.25) is 0 Å². The van der Waals surface area contributed by atoms with E-state index < -0.39 is 0 Å². The average Bonchev–Trinajstić information content (AvgIpc) is 3.63. The van der Waals surface area contributed by atoms with E-state index in [1.165, 1.54) is 71.6 Å². The van der Waals surface area contributed by atoms with Crippen molar-refractivity contribution in [3.05, 3.63) is 193 Å². The third-order valence-corrected chi connectivity index (χ3v) is 10.9. The molecule has 0 unspecified atom stereocenters. The second-order valence-electron chi connectivity index (χ2n) is 14.2. The molecule has 1 aromatic heterocycles. The van der Waals surface area contributed by atoms with Crippen LogP contribution in [0.4, 0.5) is 17.1 Å². The molecule has 1 heterocycles. The minimum Gasteiger partial charge on any atom is -0.310 e. The molecule has 0 radical (unpaired) electrons. The summed E-state index contributed by atoms with van der Waals surface area (Å²) in [4.78, 5) is 2.39. The van der Waals surface area contributed by atoms with E-state index in [1.807, 2.05) is 0 Å². The van der Waals surface area contributed by atoms with Gasteiger partial charge in [-0.25, -0.2) is 0 Å². The number of para-hydroxylation sites is 3. The maximum Gasteiger partial charge on any atom is 0.0541 e. The van der Waals surface area contributed by atoms with Crippen LogP contribution in [-0.4, -0.2) is 4.57 Å². The normalized spacial score (nSPS) is 13.1. The van der Waals surface area contributed by atoms with Crippen molar-refractivity contribution in [1.29, 1.82) is 0 Å². The Morgan fingerprint density at radius 1 is 0.412 bits per heavy atom. The third kappa shape index (κ3) is 4.64. The van der Waals surface area contributed by atoms with Gasteiger partial charge in [0.15, 0.2) is 0 Å². The fraction of sp³-hybridized carbons (Fsp3) is 0.0612. The van der Waals surface area contributed by atoms with Crippen LogP contribution in [-0.2, 0) is 5.41 Å². The van der Waals surface area contributed by atoms with Crippen LogP contribution < -0.4 is 4.90 Å². The maximum atomic E-state index is 2.44. The molecule has 0 atom stereocenters. The Morgan fingerprint density at radius 3 is 1.82 bits per heavy atom. The zero-order valence-electron chi connectivity index (χ0n) is 28.7. The molecule has 0 N–H and O–H groups in total. The van der Waals surface area contributed by atoms with E-state index in [2.05, 4.69) is 205 Å². The van der Waals surface area contributed by atoms with E-state index >= 15 is 0 Å². The van der Waals surface area contributed by atoms with Crippen molar-refractivity contribution >= 4 is 49.6 Å². The van der Waals surface area contributed by atoms with E-state index in [4.69, 9.17) is 0 Å². The summed E-state index contributed by atoms with van der Waals surface area (Å²) in [5, 5.41) is 5.03. The van der Waals surface area contributed by atoms with Gasteiger partial charge in [-0.05, 0) is 117 Å². The summed E-state index contributed by atoms with van der Waals surface area (Å²) in [6.07, 6.45) is 0. The van der Waals surface area contributed by atoms with Crippen molar-refractivity contribution < 1.29 is 0 Å². The van der Waals surface area contributed by atoms with Crippen molar-refractivity contribution in [3.8, 4) is 27.9 Å². The van der Waals surface area contributed by atoms with Crippen LogP contribution >= 0.6 is 0 Å². The molecule has 10 rings (SSSR count). The number of anilines is 3. The van der Waals surface area contributed by atoms with E-state index in [9.17, 15) is 0 Å². The van der Waals surface area contributed by atoms with Crippen molar-refractivity contribution in [1.82, 2.24) is 4.57 Å². The molecule has 242 valence electrons. The molecule has 0 aliphatic heterocycles. The summed E-state index contributed by atoms with van der Waals surface area (Å²) < 4.78 is 2.38. The maximum absolute atomic E-state index is 2.44. The molecular formula is C49H36N2. The van der Waals surface area contributed by atoms with Gasteiger partial charge in [-0.2, -0.15) is 0 Å². The minimum atomic E-state index is -0.171. The highest BCUT2D eigenvalue weighted by Gasteiger charge is 2.36. The molecule has 0 fully saturated rings. The number of nitrogens with zero attached hydrogens (tertiary/aromatic N) is 2. The summed E-state index contributed by atoms with van der Waals surface area (Å²) in [5.41, 5.74) is 14.8. The lowest BCUT2D eigenvalue weighted by atomic mass is 9.81.